The highest BCUT2D eigenvalue weighted by molar-refractivity contribution is 5.82. The minimum absolute atomic E-state index is 0.0138. The number of nitrogens with one attached hydrogen (secondary N) is 1. The van der Waals surface area contributed by atoms with E-state index in [2.05, 4.69) is 0 Å². The molecule has 3 rings (SSSR count). The Labute approximate surface area is 111 Å². The number of hydrogen-bond acceptors (Lipinski definition) is 4. The molecule has 1 aliphatic carbocycles. The van der Waals surface area contributed by atoms with Crippen molar-refractivity contribution < 1.29 is 32.5 Å². The van der Waals surface area contributed by atoms with Crippen LogP contribution in [0.2, 0.25) is 0 Å². The summed E-state index contributed by atoms with van der Waals surface area (Å²) < 4.78 is 47.1. The van der Waals surface area contributed by atoms with E-state index in [9.17, 15) is 23.1 Å². The molecular weight excluding hydrogens is 279 g/mol. The highest BCUT2D eigenvalue weighted by atomic mass is 19.4. The molecular formula is C12H10F3NO4. The van der Waals surface area contributed by atoms with Crippen molar-refractivity contribution in [2.75, 3.05) is 6.79 Å². The number of benzene rings is 1. The Morgan fingerprint density at radius 3 is 2.45 bits per heavy atom. The minimum Gasteiger partial charge on any atom is -0.454 e. The predicted octanol–water partition coefficient (Wildman–Crippen LogP) is 1.57. The third-order valence-electron chi connectivity index (χ3n) is 3.33. The van der Waals surface area contributed by atoms with E-state index in [1.54, 1.807) is 0 Å². The Hall–Kier alpha value is -1.96. The van der Waals surface area contributed by atoms with E-state index < -0.39 is 24.2 Å². The van der Waals surface area contributed by atoms with E-state index in [1.807, 2.05) is 5.32 Å². The van der Waals surface area contributed by atoms with Gasteiger partial charge in [-0.3, -0.25) is 4.79 Å². The first-order valence-electron chi connectivity index (χ1n) is 5.85. The zero-order valence-electron chi connectivity index (χ0n) is 10.0. The van der Waals surface area contributed by atoms with Crippen molar-refractivity contribution in [2.45, 2.75) is 24.7 Å². The summed E-state index contributed by atoms with van der Waals surface area (Å²) in [6, 6.07) is 2.13. The molecule has 1 aliphatic heterocycles. The summed E-state index contributed by atoms with van der Waals surface area (Å²) >= 11 is 0. The molecule has 0 spiro atoms. The van der Waals surface area contributed by atoms with E-state index in [0.717, 1.165) is 0 Å². The quantitative estimate of drug-likeness (QED) is 0.823. The number of ether oxygens (including phenoxy) is 2. The summed E-state index contributed by atoms with van der Waals surface area (Å²) in [4.78, 5) is 11.0. The largest absolute Gasteiger partial charge is 0.471 e. The molecule has 2 N–H and O–H groups in total. The number of amides is 1. The number of fused-ring (bicyclic) bond motifs is 2. The Morgan fingerprint density at radius 2 is 1.85 bits per heavy atom. The van der Waals surface area contributed by atoms with Crippen LogP contribution in [0.5, 0.6) is 11.5 Å². The summed E-state index contributed by atoms with van der Waals surface area (Å²) in [5, 5.41) is 11.7. The first-order chi connectivity index (χ1) is 9.36. The molecule has 1 heterocycles. The highest BCUT2D eigenvalue weighted by Gasteiger charge is 2.42. The smallest absolute Gasteiger partial charge is 0.454 e. The maximum absolute atomic E-state index is 12.3. The fraction of sp³-hybridized carbons (Fsp3) is 0.417. The highest BCUT2D eigenvalue weighted by Crippen LogP contribution is 2.45. The van der Waals surface area contributed by atoms with E-state index in [-0.39, 0.29) is 13.2 Å². The van der Waals surface area contributed by atoms with Gasteiger partial charge in [0.2, 0.25) is 6.79 Å². The summed E-state index contributed by atoms with van der Waals surface area (Å²) in [5.74, 6) is -1.20. The standard InChI is InChI=1S/C12H10F3NO4/c13-12(14,15)11(18)16-7-3-8(17)6-2-10-9(1-5(6)7)19-4-20-10/h1-2,7-8,17H,3-4H2,(H,16,18)/t7-,8+/m0/s1. The van der Waals surface area contributed by atoms with Gasteiger partial charge in [0, 0.05) is 6.42 Å². The van der Waals surface area contributed by atoms with Crippen molar-refractivity contribution in [3.63, 3.8) is 0 Å². The fourth-order valence-corrected chi connectivity index (χ4v) is 2.42. The lowest BCUT2D eigenvalue weighted by Crippen LogP contribution is -2.38. The number of alkyl halides is 3. The van der Waals surface area contributed by atoms with Crippen molar-refractivity contribution in [3.8, 4) is 11.5 Å². The molecule has 0 bridgehead atoms. The predicted molar refractivity (Wildman–Crippen MR) is 59.1 cm³/mol. The molecule has 1 aromatic rings. The van der Waals surface area contributed by atoms with Gasteiger partial charge < -0.3 is 19.9 Å². The van der Waals surface area contributed by atoms with Gasteiger partial charge in [0.05, 0.1) is 12.1 Å². The van der Waals surface area contributed by atoms with Gasteiger partial charge in [0.15, 0.2) is 11.5 Å². The van der Waals surface area contributed by atoms with Crippen LogP contribution < -0.4 is 14.8 Å². The normalized spacial score (nSPS) is 23.6. The minimum atomic E-state index is -4.95. The van der Waals surface area contributed by atoms with Gasteiger partial charge in [0.25, 0.3) is 0 Å². The molecule has 2 aliphatic rings. The molecule has 1 amide bonds. The maximum atomic E-state index is 12.3. The molecule has 0 fully saturated rings. The first-order valence-corrected chi connectivity index (χ1v) is 5.85. The van der Waals surface area contributed by atoms with Gasteiger partial charge in [-0.1, -0.05) is 0 Å². The third kappa shape index (κ3) is 2.05. The Balaban J connectivity index is 1.90. The second-order valence-electron chi connectivity index (χ2n) is 4.61. The zero-order chi connectivity index (χ0) is 14.5. The van der Waals surface area contributed by atoms with Crippen molar-refractivity contribution >= 4 is 5.91 Å². The molecule has 0 saturated heterocycles. The van der Waals surface area contributed by atoms with Crippen molar-refractivity contribution in [1.82, 2.24) is 5.32 Å². The number of carbonyl (C=O) groups excluding carboxylic acids is 1. The van der Waals surface area contributed by atoms with Crippen LogP contribution in [0, 0.1) is 0 Å². The van der Waals surface area contributed by atoms with Crippen molar-refractivity contribution in [1.29, 1.82) is 0 Å². The molecule has 0 unspecified atom stereocenters. The van der Waals surface area contributed by atoms with Crippen molar-refractivity contribution in [3.05, 3.63) is 23.3 Å². The summed E-state index contributed by atoms with van der Waals surface area (Å²) in [7, 11) is 0. The molecule has 0 aromatic heterocycles. The first kappa shape index (κ1) is 13.0. The Bertz CT molecular complexity index is 573. The Kier molecular flexibility index (Phi) is 2.79. The zero-order valence-corrected chi connectivity index (χ0v) is 10.0. The number of aliphatic hydroxyl groups is 1. The molecule has 20 heavy (non-hydrogen) atoms. The van der Waals surface area contributed by atoms with Crippen LogP contribution in [0.15, 0.2) is 12.1 Å². The molecule has 2 atom stereocenters. The monoisotopic (exact) mass is 289 g/mol. The topological polar surface area (TPSA) is 67.8 Å². The molecule has 5 nitrogen and oxygen atoms in total. The van der Waals surface area contributed by atoms with Crippen LogP contribution in [0.25, 0.3) is 0 Å². The van der Waals surface area contributed by atoms with Gasteiger partial charge in [0.1, 0.15) is 0 Å². The number of rotatable bonds is 1. The number of halogens is 3. The summed E-state index contributed by atoms with van der Waals surface area (Å²) in [6.07, 6.45) is -5.91. The molecule has 108 valence electrons. The van der Waals surface area contributed by atoms with Crippen LogP contribution in [-0.4, -0.2) is 24.0 Å². The Morgan fingerprint density at radius 1 is 1.25 bits per heavy atom. The maximum Gasteiger partial charge on any atom is 0.471 e. The SMILES string of the molecule is O=C(N[C@H]1C[C@@H](O)c2cc3c(cc21)OCO3)C(F)(F)F. The van der Waals surface area contributed by atoms with Crippen molar-refractivity contribution in [2.24, 2.45) is 0 Å². The molecule has 0 saturated carbocycles. The van der Waals surface area contributed by atoms with Crippen LogP contribution in [0.4, 0.5) is 13.2 Å². The number of hydrogen-bond donors (Lipinski definition) is 2. The lowest BCUT2D eigenvalue weighted by atomic mass is 10.1. The van der Waals surface area contributed by atoms with Crippen LogP contribution >= 0.6 is 0 Å². The third-order valence-corrected chi connectivity index (χ3v) is 3.33. The van der Waals surface area contributed by atoms with E-state index in [1.165, 1.54) is 12.1 Å². The summed E-state index contributed by atoms with van der Waals surface area (Å²) in [6.45, 7) is 0.0217. The molecule has 0 radical (unpaired) electrons. The van der Waals surface area contributed by atoms with Crippen LogP contribution in [-0.2, 0) is 4.79 Å². The van der Waals surface area contributed by atoms with Gasteiger partial charge in [-0.2, -0.15) is 13.2 Å². The van der Waals surface area contributed by atoms with Crippen LogP contribution in [0.1, 0.15) is 29.7 Å². The molecule has 8 heteroatoms. The fourth-order valence-electron chi connectivity index (χ4n) is 2.42. The lowest BCUT2D eigenvalue weighted by molar-refractivity contribution is -0.174. The average Bonchev–Trinajstić information content (AvgIpc) is 2.92. The van der Waals surface area contributed by atoms with Crippen LogP contribution in [0.3, 0.4) is 0 Å². The van der Waals surface area contributed by atoms with Gasteiger partial charge in [-0.15, -0.1) is 0 Å². The second-order valence-corrected chi connectivity index (χ2v) is 4.61. The van der Waals surface area contributed by atoms with E-state index >= 15 is 0 Å². The number of carbonyl (C=O) groups is 1. The average molecular weight is 289 g/mol. The molecule has 1 aromatic carbocycles. The van der Waals surface area contributed by atoms with E-state index in [4.69, 9.17) is 9.47 Å². The van der Waals surface area contributed by atoms with Gasteiger partial charge in [-0.25, -0.2) is 0 Å². The van der Waals surface area contributed by atoms with E-state index in [0.29, 0.717) is 22.6 Å². The van der Waals surface area contributed by atoms with Gasteiger partial charge >= 0.3 is 12.1 Å². The lowest BCUT2D eigenvalue weighted by Gasteiger charge is -2.15. The summed E-state index contributed by atoms with van der Waals surface area (Å²) in [5.41, 5.74) is 0.862. The number of aliphatic hydroxyl groups excluding tert-OH is 1. The second kappa shape index (κ2) is 4.27. The van der Waals surface area contributed by atoms with Gasteiger partial charge in [-0.05, 0) is 23.3 Å².